The Labute approximate surface area is 128 Å². The maximum Gasteiger partial charge on any atom is 0.241 e. The normalized spacial score (nSPS) is 13.6. The van der Waals surface area contributed by atoms with E-state index in [1.54, 1.807) is 6.07 Å². The quantitative estimate of drug-likeness (QED) is 0.750. The zero-order valence-corrected chi connectivity index (χ0v) is 14.4. The molecule has 3 N–H and O–H groups in total. The van der Waals surface area contributed by atoms with Gasteiger partial charge in [0.25, 0.3) is 0 Å². The molecular formula is C15H27N3O2S. The summed E-state index contributed by atoms with van der Waals surface area (Å²) in [7, 11) is 0.270. The van der Waals surface area contributed by atoms with Gasteiger partial charge in [0.2, 0.25) is 10.0 Å². The third-order valence-electron chi connectivity index (χ3n) is 3.35. The second-order valence-electron chi connectivity index (χ2n) is 5.65. The minimum absolute atomic E-state index is 0.166. The summed E-state index contributed by atoms with van der Waals surface area (Å²) in [6, 6.07) is 3.43. The van der Waals surface area contributed by atoms with Crippen LogP contribution in [0.4, 0.5) is 5.69 Å². The summed E-state index contributed by atoms with van der Waals surface area (Å²) >= 11 is 0. The average Bonchev–Trinajstić information content (AvgIpc) is 2.35. The fourth-order valence-electron chi connectivity index (χ4n) is 2.46. The van der Waals surface area contributed by atoms with Crippen LogP contribution in [-0.2, 0) is 22.9 Å². The first-order valence-corrected chi connectivity index (χ1v) is 8.77. The van der Waals surface area contributed by atoms with Crippen molar-refractivity contribution in [2.45, 2.75) is 44.6 Å². The number of hydrogen-bond acceptors (Lipinski definition) is 4. The van der Waals surface area contributed by atoms with E-state index in [0.717, 1.165) is 12.0 Å². The fraction of sp³-hybridized carbons (Fsp3) is 0.600. The third kappa shape index (κ3) is 4.69. The molecule has 0 aliphatic rings. The van der Waals surface area contributed by atoms with E-state index in [1.807, 2.05) is 45.8 Å². The third-order valence-corrected chi connectivity index (χ3v) is 5.01. The van der Waals surface area contributed by atoms with E-state index in [1.165, 1.54) is 0 Å². The standard InChI is InChI=1S/C15H27N3O2S/c1-6-12-8-14(16)13(7-2)15(9-12)21(19,20)17-11(3)10-18(4)5/h8-9,11,17H,6-7,10,16H2,1-5H3. The summed E-state index contributed by atoms with van der Waals surface area (Å²) < 4.78 is 28.0. The lowest BCUT2D eigenvalue weighted by atomic mass is 10.1. The zero-order valence-electron chi connectivity index (χ0n) is 13.6. The average molecular weight is 313 g/mol. The lowest BCUT2D eigenvalue weighted by molar-refractivity contribution is 0.370. The first kappa shape index (κ1) is 17.9. The fourth-order valence-corrected chi connectivity index (χ4v) is 4.09. The predicted octanol–water partition coefficient (Wildman–Crippen LogP) is 1.62. The molecule has 0 aliphatic carbocycles. The number of nitrogens with two attached hydrogens (primary N) is 1. The van der Waals surface area contributed by atoms with Gasteiger partial charge in [-0.05, 0) is 57.1 Å². The van der Waals surface area contributed by atoms with Gasteiger partial charge in [-0.3, -0.25) is 0 Å². The van der Waals surface area contributed by atoms with E-state index in [2.05, 4.69) is 4.72 Å². The van der Waals surface area contributed by atoms with Crippen molar-refractivity contribution in [3.63, 3.8) is 0 Å². The second-order valence-corrected chi connectivity index (χ2v) is 7.34. The van der Waals surface area contributed by atoms with Crippen molar-refractivity contribution in [3.05, 3.63) is 23.3 Å². The van der Waals surface area contributed by atoms with Crippen LogP contribution in [0.5, 0.6) is 0 Å². The molecule has 1 rings (SSSR count). The number of aryl methyl sites for hydroxylation is 1. The number of nitrogen functional groups attached to an aromatic ring is 1. The molecule has 0 heterocycles. The lowest BCUT2D eigenvalue weighted by Gasteiger charge is -2.20. The highest BCUT2D eigenvalue weighted by Crippen LogP contribution is 2.25. The molecule has 5 nitrogen and oxygen atoms in total. The van der Waals surface area contributed by atoms with Crippen LogP contribution in [0, 0.1) is 0 Å². The van der Waals surface area contributed by atoms with E-state index in [-0.39, 0.29) is 6.04 Å². The lowest BCUT2D eigenvalue weighted by Crippen LogP contribution is -2.39. The number of nitrogens with one attached hydrogen (secondary N) is 1. The number of hydrogen-bond donors (Lipinski definition) is 2. The molecule has 0 radical (unpaired) electrons. The zero-order chi connectivity index (χ0) is 16.2. The summed E-state index contributed by atoms with van der Waals surface area (Å²) in [5.41, 5.74) is 8.20. The molecule has 0 saturated heterocycles. The molecule has 0 bridgehead atoms. The molecule has 1 aromatic rings. The van der Waals surface area contributed by atoms with Gasteiger partial charge in [-0.2, -0.15) is 0 Å². The topological polar surface area (TPSA) is 75.4 Å². The van der Waals surface area contributed by atoms with Crippen LogP contribution in [0.15, 0.2) is 17.0 Å². The van der Waals surface area contributed by atoms with Crippen molar-refractivity contribution in [2.24, 2.45) is 0 Å². The Hall–Kier alpha value is -1.11. The SMILES string of the molecule is CCc1cc(N)c(CC)c(S(=O)(=O)NC(C)CN(C)C)c1. The second kappa shape index (κ2) is 7.24. The maximum atomic E-state index is 12.6. The number of rotatable bonds is 7. The van der Waals surface area contributed by atoms with Crippen molar-refractivity contribution in [1.82, 2.24) is 9.62 Å². The van der Waals surface area contributed by atoms with Gasteiger partial charge >= 0.3 is 0 Å². The van der Waals surface area contributed by atoms with Gasteiger partial charge in [0, 0.05) is 18.3 Å². The maximum absolute atomic E-state index is 12.6. The Morgan fingerprint density at radius 1 is 1.24 bits per heavy atom. The Morgan fingerprint density at radius 3 is 2.33 bits per heavy atom. The molecule has 1 atom stereocenters. The minimum Gasteiger partial charge on any atom is -0.398 e. The first-order valence-electron chi connectivity index (χ1n) is 7.29. The molecule has 120 valence electrons. The predicted molar refractivity (Wildman–Crippen MR) is 87.9 cm³/mol. The van der Waals surface area contributed by atoms with Crippen LogP contribution in [0.3, 0.4) is 0 Å². The van der Waals surface area contributed by atoms with Gasteiger partial charge in [0.05, 0.1) is 4.90 Å². The Morgan fingerprint density at radius 2 is 1.86 bits per heavy atom. The van der Waals surface area contributed by atoms with Gasteiger partial charge in [0.15, 0.2) is 0 Å². The highest BCUT2D eigenvalue weighted by atomic mass is 32.2. The molecule has 0 aromatic heterocycles. The number of nitrogens with zero attached hydrogens (tertiary/aromatic N) is 1. The summed E-state index contributed by atoms with van der Waals surface area (Å²) in [4.78, 5) is 2.26. The number of benzene rings is 1. The van der Waals surface area contributed by atoms with Gasteiger partial charge in [-0.25, -0.2) is 13.1 Å². The van der Waals surface area contributed by atoms with Crippen LogP contribution in [0.1, 0.15) is 31.9 Å². The van der Waals surface area contributed by atoms with Crippen molar-refractivity contribution >= 4 is 15.7 Å². The molecular weight excluding hydrogens is 286 g/mol. The van der Waals surface area contributed by atoms with Crippen LogP contribution < -0.4 is 10.5 Å². The van der Waals surface area contributed by atoms with Crippen molar-refractivity contribution in [1.29, 1.82) is 0 Å². The van der Waals surface area contributed by atoms with Gasteiger partial charge in [0.1, 0.15) is 0 Å². The van der Waals surface area contributed by atoms with E-state index in [4.69, 9.17) is 5.73 Å². The highest BCUT2D eigenvalue weighted by molar-refractivity contribution is 7.89. The monoisotopic (exact) mass is 313 g/mol. The van der Waals surface area contributed by atoms with Gasteiger partial charge < -0.3 is 10.6 Å². The molecule has 0 fully saturated rings. The Balaban J connectivity index is 3.20. The molecule has 1 unspecified atom stereocenters. The van der Waals surface area contributed by atoms with Crippen LogP contribution >= 0.6 is 0 Å². The molecule has 0 spiro atoms. The van der Waals surface area contributed by atoms with Crippen LogP contribution in [-0.4, -0.2) is 40.0 Å². The largest absolute Gasteiger partial charge is 0.398 e. The number of anilines is 1. The molecule has 0 aliphatic heterocycles. The first-order chi connectivity index (χ1) is 9.71. The van der Waals surface area contributed by atoms with E-state index in [0.29, 0.717) is 29.1 Å². The summed E-state index contributed by atoms with van der Waals surface area (Å²) in [5, 5.41) is 0. The van der Waals surface area contributed by atoms with E-state index < -0.39 is 10.0 Å². The van der Waals surface area contributed by atoms with E-state index in [9.17, 15) is 8.42 Å². The van der Waals surface area contributed by atoms with Crippen molar-refractivity contribution in [2.75, 3.05) is 26.4 Å². The molecule has 6 heteroatoms. The van der Waals surface area contributed by atoms with Crippen molar-refractivity contribution < 1.29 is 8.42 Å². The molecule has 0 amide bonds. The summed E-state index contributed by atoms with van der Waals surface area (Å²) in [6.45, 7) is 6.40. The molecule has 21 heavy (non-hydrogen) atoms. The van der Waals surface area contributed by atoms with E-state index >= 15 is 0 Å². The van der Waals surface area contributed by atoms with Gasteiger partial charge in [-0.15, -0.1) is 0 Å². The molecule has 1 aromatic carbocycles. The highest BCUT2D eigenvalue weighted by Gasteiger charge is 2.22. The van der Waals surface area contributed by atoms with Crippen LogP contribution in [0.2, 0.25) is 0 Å². The smallest absolute Gasteiger partial charge is 0.241 e. The van der Waals surface area contributed by atoms with Crippen molar-refractivity contribution in [3.8, 4) is 0 Å². The molecule has 0 saturated carbocycles. The summed E-state index contributed by atoms with van der Waals surface area (Å²) in [5.74, 6) is 0. The minimum atomic E-state index is -3.56. The van der Waals surface area contributed by atoms with Crippen LogP contribution in [0.25, 0.3) is 0 Å². The Kier molecular flexibility index (Phi) is 6.19. The summed E-state index contributed by atoms with van der Waals surface area (Å²) in [6.07, 6.45) is 1.35. The van der Waals surface area contributed by atoms with Gasteiger partial charge in [-0.1, -0.05) is 13.8 Å². The number of sulfonamides is 1. The Bertz CT molecular complexity index is 583. The number of likely N-dealkylation sites (N-methyl/N-ethyl adjacent to an activating group) is 1.